The Bertz CT molecular complexity index is 566. The van der Waals surface area contributed by atoms with E-state index < -0.39 is 48.6 Å². The third kappa shape index (κ3) is 6.47. The van der Waals surface area contributed by atoms with Crippen LogP contribution in [0.15, 0.2) is 0 Å². The molecule has 1 aliphatic rings. The van der Waals surface area contributed by atoms with Crippen LogP contribution >= 0.6 is 0 Å². The molecule has 1 fully saturated rings. The van der Waals surface area contributed by atoms with Crippen LogP contribution in [0.25, 0.3) is 0 Å². The molecule has 1 rings (SSSR count). The average molecular weight is 386 g/mol. The summed E-state index contributed by atoms with van der Waals surface area (Å²) in [7, 11) is 0. The Labute approximate surface area is 158 Å². The van der Waals surface area contributed by atoms with Crippen LogP contribution in [0.4, 0.5) is 0 Å². The zero-order valence-electron chi connectivity index (χ0n) is 16.0. The van der Waals surface area contributed by atoms with Gasteiger partial charge >= 0.3 is 5.97 Å². The van der Waals surface area contributed by atoms with E-state index in [9.17, 15) is 29.4 Å². The molecule has 154 valence electrons. The number of nitrogens with one attached hydrogen (secondary N) is 2. The Morgan fingerprint density at radius 1 is 1.15 bits per heavy atom. The molecule has 0 radical (unpaired) electrons. The number of nitrogens with zero attached hydrogens (tertiary/aromatic N) is 1. The number of rotatable bonds is 9. The van der Waals surface area contributed by atoms with Crippen molar-refractivity contribution in [3.63, 3.8) is 0 Å². The maximum Gasteiger partial charge on any atom is 0.326 e. The van der Waals surface area contributed by atoms with E-state index in [0.29, 0.717) is 19.4 Å². The van der Waals surface area contributed by atoms with Gasteiger partial charge in [-0.1, -0.05) is 13.8 Å². The van der Waals surface area contributed by atoms with Gasteiger partial charge in [0.25, 0.3) is 0 Å². The number of aliphatic hydroxyl groups is 1. The Balaban J connectivity index is 2.75. The quantitative estimate of drug-likeness (QED) is 0.319. The van der Waals surface area contributed by atoms with Crippen molar-refractivity contribution in [2.24, 2.45) is 11.7 Å². The Hall–Kier alpha value is -2.20. The van der Waals surface area contributed by atoms with Crippen LogP contribution in [0, 0.1) is 5.92 Å². The Morgan fingerprint density at radius 2 is 1.78 bits per heavy atom. The lowest BCUT2D eigenvalue weighted by Crippen LogP contribution is -2.57. The first-order chi connectivity index (χ1) is 12.6. The summed E-state index contributed by atoms with van der Waals surface area (Å²) in [5.41, 5.74) is 5.59. The number of nitrogens with two attached hydrogens (primary N) is 1. The van der Waals surface area contributed by atoms with Gasteiger partial charge in [0.15, 0.2) is 0 Å². The topological polar surface area (TPSA) is 162 Å². The van der Waals surface area contributed by atoms with Crippen molar-refractivity contribution < 1.29 is 29.4 Å². The summed E-state index contributed by atoms with van der Waals surface area (Å²) in [5.74, 6) is -2.89. The molecule has 0 aromatic carbocycles. The smallest absolute Gasteiger partial charge is 0.326 e. The van der Waals surface area contributed by atoms with Crippen LogP contribution in [0.1, 0.15) is 40.0 Å². The van der Waals surface area contributed by atoms with Crippen molar-refractivity contribution >= 4 is 23.7 Å². The number of amides is 3. The maximum atomic E-state index is 12.5. The molecule has 1 saturated heterocycles. The van der Waals surface area contributed by atoms with Crippen molar-refractivity contribution in [3.05, 3.63) is 0 Å². The first-order valence-electron chi connectivity index (χ1n) is 9.08. The number of hydrogen-bond acceptors (Lipinski definition) is 6. The predicted octanol–water partition coefficient (Wildman–Crippen LogP) is -1.58. The van der Waals surface area contributed by atoms with Gasteiger partial charge in [0.05, 0.1) is 12.6 Å². The van der Waals surface area contributed by atoms with E-state index in [4.69, 9.17) is 5.73 Å². The van der Waals surface area contributed by atoms with Gasteiger partial charge in [0.2, 0.25) is 17.7 Å². The highest BCUT2D eigenvalue weighted by atomic mass is 16.4. The average Bonchev–Trinajstić information content (AvgIpc) is 3.06. The highest BCUT2D eigenvalue weighted by Gasteiger charge is 2.37. The molecule has 27 heavy (non-hydrogen) atoms. The monoisotopic (exact) mass is 386 g/mol. The standard InChI is InChI=1S/C17H30N4O6/c1-9(2)7-11(17(26)27)19-14(23)12(8-22)20-15(24)13-5-4-6-21(13)16(25)10(3)18/h9-13,22H,4-8,18H2,1-3H3,(H,19,23)(H,20,24)(H,26,27). The molecule has 4 atom stereocenters. The second-order valence-electron chi connectivity index (χ2n) is 7.25. The summed E-state index contributed by atoms with van der Waals surface area (Å²) in [6, 6.07) is -3.94. The minimum atomic E-state index is -1.31. The number of carbonyl (C=O) groups is 4. The first kappa shape index (κ1) is 22.8. The molecule has 0 saturated carbocycles. The van der Waals surface area contributed by atoms with Gasteiger partial charge in [-0.15, -0.1) is 0 Å². The zero-order valence-corrected chi connectivity index (χ0v) is 16.0. The molecule has 6 N–H and O–H groups in total. The largest absolute Gasteiger partial charge is 0.480 e. The van der Waals surface area contributed by atoms with Crippen LogP contribution in [0.3, 0.4) is 0 Å². The molecular formula is C17H30N4O6. The highest BCUT2D eigenvalue weighted by molar-refractivity contribution is 5.94. The lowest BCUT2D eigenvalue weighted by Gasteiger charge is -2.27. The molecule has 4 unspecified atom stereocenters. The Morgan fingerprint density at radius 3 is 2.26 bits per heavy atom. The van der Waals surface area contributed by atoms with Gasteiger partial charge < -0.3 is 31.5 Å². The fourth-order valence-electron chi connectivity index (χ4n) is 2.99. The summed E-state index contributed by atoms with van der Waals surface area (Å²) in [5, 5.41) is 23.4. The molecule has 0 aromatic heterocycles. The van der Waals surface area contributed by atoms with Gasteiger partial charge in [0, 0.05) is 6.54 Å². The summed E-state index contributed by atoms with van der Waals surface area (Å²) < 4.78 is 0. The Kier molecular flexibility index (Phi) is 8.64. The van der Waals surface area contributed by atoms with Gasteiger partial charge in [0.1, 0.15) is 18.1 Å². The molecule has 10 nitrogen and oxygen atoms in total. The van der Waals surface area contributed by atoms with Crippen molar-refractivity contribution in [2.75, 3.05) is 13.2 Å². The molecule has 10 heteroatoms. The molecule has 1 heterocycles. The summed E-state index contributed by atoms with van der Waals surface area (Å²) in [6.07, 6.45) is 1.27. The third-order valence-corrected chi connectivity index (χ3v) is 4.37. The molecule has 0 aromatic rings. The summed E-state index contributed by atoms with van der Waals surface area (Å²) in [6.45, 7) is 4.86. The van der Waals surface area contributed by atoms with Crippen molar-refractivity contribution in [1.82, 2.24) is 15.5 Å². The number of likely N-dealkylation sites (tertiary alicyclic amines) is 1. The van der Waals surface area contributed by atoms with Gasteiger partial charge in [-0.2, -0.15) is 0 Å². The number of hydrogen-bond donors (Lipinski definition) is 5. The predicted molar refractivity (Wildman–Crippen MR) is 96.4 cm³/mol. The highest BCUT2D eigenvalue weighted by Crippen LogP contribution is 2.18. The van der Waals surface area contributed by atoms with Crippen LogP contribution in [-0.4, -0.2) is 76.1 Å². The number of aliphatic hydroxyl groups excluding tert-OH is 1. The summed E-state index contributed by atoms with van der Waals surface area (Å²) in [4.78, 5) is 49.5. The van der Waals surface area contributed by atoms with E-state index in [1.807, 2.05) is 13.8 Å². The van der Waals surface area contributed by atoms with Gasteiger partial charge in [-0.05, 0) is 32.1 Å². The molecular weight excluding hydrogens is 356 g/mol. The molecule has 1 aliphatic heterocycles. The number of carboxylic acids is 1. The van der Waals surface area contributed by atoms with E-state index in [0.717, 1.165) is 0 Å². The van der Waals surface area contributed by atoms with E-state index in [-0.39, 0.29) is 18.2 Å². The zero-order chi connectivity index (χ0) is 20.7. The lowest BCUT2D eigenvalue weighted by atomic mass is 10.0. The molecule has 0 aliphatic carbocycles. The number of aliphatic carboxylic acids is 1. The van der Waals surface area contributed by atoms with E-state index in [2.05, 4.69) is 10.6 Å². The third-order valence-electron chi connectivity index (χ3n) is 4.37. The fourth-order valence-corrected chi connectivity index (χ4v) is 2.99. The van der Waals surface area contributed by atoms with Crippen molar-refractivity contribution in [1.29, 1.82) is 0 Å². The molecule has 3 amide bonds. The molecule has 0 spiro atoms. The van der Waals surface area contributed by atoms with Gasteiger partial charge in [-0.25, -0.2) is 4.79 Å². The van der Waals surface area contributed by atoms with Crippen molar-refractivity contribution in [3.8, 4) is 0 Å². The first-order valence-corrected chi connectivity index (χ1v) is 9.08. The normalized spacial score (nSPS) is 20.1. The number of carbonyl (C=O) groups excluding carboxylic acids is 3. The SMILES string of the molecule is CC(C)CC(NC(=O)C(CO)NC(=O)C1CCCN1C(=O)C(C)N)C(=O)O. The summed E-state index contributed by atoms with van der Waals surface area (Å²) >= 11 is 0. The van der Waals surface area contributed by atoms with Gasteiger partial charge in [-0.3, -0.25) is 14.4 Å². The van der Waals surface area contributed by atoms with Crippen LogP contribution in [0.2, 0.25) is 0 Å². The van der Waals surface area contributed by atoms with Crippen molar-refractivity contribution in [2.45, 2.75) is 64.2 Å². The second kappa shape index (κ2) is 10.2. The van der Waals surface area contributed by atoms with Crippen LogP contribution in [-0.2, 0) is 19.2 Å². The number of carboxylic acid groups (broad SMARTS) is 1. The minimum absolute atomic E-state index is 0.0323. The second-order valence-corrected chi connectivity index (χ2v) is 7.25. The van der Waals surface area contributed by atoms with E-state index in [1.165, 1.54) is 11.8 Å². The van der Waals surface area contributed by atoms with E-state index >= 15 is 0 Å². The van der Waals surface area contributed by atoms with Crippen LogP contribution in [0.5, 0.6) is 0 Å². The van der Waals surface area contributed by atoms with Crippen LogP contribution < -0.4 is 16.4 Å². The molecule has 0 bridgehead atoms. The minimum Gasteiger partial charge on any atom is -0.480 e. The fraction of sp³-hybridized carbons (Fsp3) is 0.765. The lowest BCUT2D eigenvalue weighted by molar-refractivity contribution is -0.143. The maximum absolute atomic E-state index is 12.5. The van der Waals surface area contributed by atoms with E-state index in [1.54, 1.807) is 0 Å².